The van der Waals surface area contributed by atoms with E-state index in [0.717, 1.165) is 12.0 Å². The Hall–Kier alpha value is -1.99. The predicted molar refractivity (Wildman–Crippen MR) is 110 cm³/mol. The van der Waals surface area contributed by atoms with Crippen LogP contribution in [-0.4, -0.2) is 34.6 Å². The van der Waals surface area contributed by atoms with Crippen LogP contribution in [0.4, 0.5) is 0 Å². The number of benzene rings is 1. The molecule has 0 aliphatic heterocycles. The summed E-state index contributed by atoms with van der Waals surface area (Å²) in [7, 11) is -1.97. The molecule has 0 fully saturated rings. The number of imidazole rings is 1. The van der Waals surface area contributed by atoms with Gasteiger partial charge in [-0.25, -0.2) is 13.4 Å². The summed E-state index contributed by atoms with van der Waals surface area (Å²) < 4.78 is 29.5. The number of hydrogen-bond donors (Lipinski definition) is 0. The van der Waals surface area contributed by atoms with Gasteiger partial charge in [-0.1, -0.05) is 45.9 Å². The summed E-state index contributed by atoms with van der Waals surface area (Å²) in [6.45, 7) is 8.86. The number of ketones is 1. The fraction of sp³-hybridized carbons (Fsp3) is 0.524. The number of Topliss-reactive ketones (excluding diaryl/α,β-unsaturated/α-hetero) is 1. The molecule has 28 heavy (non-hydrogen) atoms. The SMILES string of the molecule is CCC(=O)c1cccc(CN(CCC(C)C(C)C)S(=O)(=O)c2cn(C)cn2)c1. The average molecular weight is 406 g/mol. The van der Waals surface area contributed by atoms with Gasteiger partial charge in [0.25, 0.3) is 10.0 Å². The van der Waals surface area contributed by atoms with Crippen molar-refractivity contribution in [3.8, 4) is 0 Å². The molecule has 0 saturated heterocycles. The molecule has 1 unspecified atom stereocenters. The fourth-order valence-corrected chi connectivity index (χ4v) is 4.28. The molecule has 0 aliphatic rings. The number of sulfonamides is 1. The Bertz CT molecular complexity index is 903. The van der Waals surface area contributed by atoms with Gasteiger partial charge in [0.1, 0.15) is 0 Å². The lowest BCUT2D eigenvalue weighted by Gasteiger charge is -2.24. The van der Waals surface area contributed by atoms with Crippen LogP contribution >= 0.6 is 0 Å². The Kier molecular flexibility index (Phi) is 7.55. The van der Waals surface area contributed by atoms with E-state index in [4.69, 9.17) is 0 Å². The molecule has 154 valence electrons. The zero-order valence-corrected chi connectivity index (χ0v) is 18.2. The molecule has 0 bridgehead atoms. The normalized spacial score (nSPS) is 13.2. The van der Waals surface area contributed by atoms with Gasteiger partial charge in [0.05, 0.1) is 6.33 Å². The van der Waals surface area contributed by atoms with E-state index in [0.29, 0.717) is 30.4 Å². The van der Waals surface area contributed by atoms with E-state index in [1.165, 1.54) is 16.8 Å². The molecular formula is C21H31N3O3S. The van der Waals surface area contributed by atoms with Gasteiger partial charge in [-0.2, -0.15) is 4.31 Å². The highest BCUT2D eigenvalue weighted by atomic mass is 32.2. The summed E-state index contributed by atoms with van der Waals surface area (Å²) in [6.07, 6.45) is 4.19. The van der Waals surface area contributed by atoms with Crippen molar-refractivity contribution in [2.24, 2.45) is 18.9 Å². The van der Waals surface area contributed by atoms with Crippen molar-refractivity contribution in [3.05, 3.63) is 47.9 Å². The minimum atomic E-state index is -3.72. The first-order valence-corrected chi connectivity index (χ1v) is 11.2. The van der Waals surface area contributed by atoms with Gasteiger partial charge in [0, 0.05) is 38.3 Å². The molecule has 2 aromatic rings. The Labute approximate surface area is 168 Å². The summed E-state index contributed by atoms with van der Waals surface area (Å²) in [5.41, 5.74) is 1.42. The first kappa shape index (κ1) is 22.3. The van der Waals surface area contributed by atoms with E-state index < -0.39 is 10.0 Å². The van der Waals surface area contributed by atoms with Crippen molar-refractivity contribution in [1.29, 1.82) is 0 Å². The summed E-state index contributed by atoms with van der Waals surface area (Å²) in [4.78, 5) is 16.1. The summed E-state index contributed by atoms with van der Waals surface area (Å²) in [5, 5.41) is 0.0491. The van der Waals surface area contributed by atoms with Crippen LogP contribution in [0.3, 0.4) is 0 Å². The molecule has 1 atom stereocenters. The lowest BCUT2D eigenvalue weighted by molar-refractivity contribution is 0.0988. The molecule has 0 saturated carbocycles. The van der Waals surface area contributed by atoms with Crippen molar-refractivity contribution in [2.75, 3.05) is 6.54 Å². The lowest BCUT2D eigenvalue weighted by atomic mass is 9.95. The zero-order valence-electron chi connectivity index (χ0n) is 17.4. The first-order chi connectivity index (χ1) is 13.1. The molecule has 7 heteroatoms. The number of aryl methyl sites for hydroxylation is 1. The van der Waals surface area contributed by atoms with Crippen LogP contribution in [0.2, 0.25) is 0 Å². The molecule has 0 aliphatic carbocycles. The number of aromatic nitrogens is 2. The first-order valence-electron chi connectivity index (χ1n) is 9.75. The van der Waals surface area contributed by atoms with E-state index in [-0.39, 0.29) is 17.4 Å². The molecule has 0 N–H and O–H groups in total. The van der Waals surface area contributed by atoms with Gasteiger partial charge in [-0.3, -0.25) is 4.79 Å². The van der Waals surface area contributed by atoms with Crippen LogP contribution in [-0.2, 0) is 23.6 Å². The second kappa shape index (κ2) is 9.47. The van der Waals surface area contributed by atoms with E-state index >= 15 is 0 Å². The molecule has 2 rings (SSSR count). The Balaban J connectivity index is 2.32. The third-order valence-electron chi connectivity index (χ3n) is 5.19. The quantitative estimate of drug-likeness (QED) is 0.562. The highest BCUT2D eigenvalue weighted by Crippen LogP contribution is 2.21. The average Bonchev–Trinajstić information content (AvgIpc) is 3.11. The summed E-state index contributed by atoms with van der Waals surface area (Å²) >= 11 is 0. The lowest BCUT2D eigenvalue weighted by Crippen LogP contribution is -2.33. The van der Waals surface area contributed by atoms with Crippen molar-refractivity contribution in [2.45, 2.75) is 52.1 Å². The maximum absolute atomic E-state index is 13.2. The van der Waals surface area contributed by atoms with Crippen LogP contribution < -0.4 is 0 Å². The largest absolute Gasteiger partial charge is 0.339 e. The van der Waals surface area contributed by atoms with Gasteiger partial charge in [-0.05, 0) is 29.9 Å². The minimum Gasteiger partial charge on any atom is -0.339 e. The van der Waals surface area contributed by atoms with Crippen molar-refractivity contribution in [1.82, 2.24) is 13.9 Å². The second-order valence-corrected chi connectivity index (χ2v) is 9.59. The molecular weight excluding hydrogens is 374 g/mol. The van der Waals surface area contributed by atoms with Gasteiger partial charge in [-0.15, -0.1) is 0 Å². The maximum Gasteiger partial charge on any atom is 0.262 e. The highest BCUT2D eigenvalue weighted by Gasteiger charge is 2.27. The standard InChI is InChI=1S/C21H31N3O3S/c1-6-20(25)19-9-7-8-18(12-19)13-24(11-10-17(4)16(2)3)28(26,27)21-14-23(5)15-22-21/h7-9,12,14-17H,6,10-11,13H2,1-5H3. The fourth-order valence-electron chi connectivity index (χ4n) is 2.87. The van der Waals surface area contributed by atoms with Crippen molar-refractivity contribution < 1.29 is 13.2 Å². The van der Waals surface area contributed by atoms with E-state index in [9.17, 15) is 13.2 Å². The molecule has 1 aromatic heterocycles. The highest BCUT2D eigenvalue weighted by molar-refractivity contribution is 7.89. The monoisotopic (exact) mass is 405 g/mol. The van der Waals surface area contributed by atoms with Gasteiger partial charge in [0.2, 0.25) is 0 Å². The zero-order chi connectivity index (χ0) is 20.9. The van der Waals surface area contributed by atoms with Crippen LogP contribution in [0, 0.1) is 11.8 Å². The number of carbonyl (C=O) groups excluding carboxylic acids is 1. The predicted octanol–water partition coefficient (Wildman–Crippen LogP) is 3.89. The number of nitrogens with zero attached hydrogens (tertiary/aromatic N) is 3. The molecule has 1 aromatic carbocycles. The van der Waals surface area contributed by atoms with E-state index in [1.807, 2.05) is 13.0 Å². The van der Waals surface area contributed by atoms with Crippen LogP contribution in [0.15, 0.2) is 41.8 Å². The molecule has 6 nitrogen and oxygen atoms in total. The van der Waals surface area contributed by atoms with Crippen molar-refractivity contribution in [3.63, 3.8) is 0 Å². The third kappa shape index (κ3) is 5.52. The summed E-state index contributed by atoms with van der Waals surface area (Å²) in [6, 6.07) is 7.23. The molecule has 0 amide bonds. The van der Waals surface area contributed by atoms with Crippen LogP contribution in [0.5, 0.6) is 0 Å². The van der Waals surface area contributed by atoms with E-state index in [1.54, 1.807) is 29.8 Å². The Morgan fingerprint density at radius 3 is 2.54 bits per heavy atom. The van der Waals surface area contributed by atoms with Gasteiger partial charge in [0.15, 0.2) is 10.8 Å². The number of hydrogen-bond acceptors (Lipinski definition) is 4. The van der Waals surface area contributed by atoms with Crippen LogP contribution in [0.25, 0.3) is 0 Å². The number of carbonyl (C=O) groups is 1. The second-order valence-electron chi connectivity index (χ2n) is 7.70. The van der Waals surface area contributed by atoms with Gasteiger partial charge < -0.3 is 4.57 Å². The van der Waals surface area contributed by atoms with Crippen LogP contribution in [0.1, 0.15) is 56.5 Å². The Morgan fingerprint density at radius 2 is 1.96 bits per heavy atom. The Morgan fingerprint density at radius 1 is 1.25 bits per heavy atom. The van der Waals surface area contributed by atoms with E-state index in [2.05, 4.69) is 25.8 Å². The smallest absolute Gasteiger partial charge is 0.262 e. The molecule has 1 heterocycles. The maximum atomic E-state index is 13.2. The topological polar surface area (TPSA) is 72.3 Å². The molecule has 0 radical (unpaired) electrons. The van der Waals surface area contributed by atoms with Gasteiger partial charge >= 0.3 is 0 Å². The third-order valence-corrected chi connectivity index (χ3v) is 6.92. The van der Waals surface area contributed by atoms with Crippen molar-refractivity contribution >= 4 is 15.8 Å². The number of rotatable bonds is 10. The minimum absolute atomic E-state index is 0.0491. The summed E-state index contributed by atoms with van der Waals surface area (Å²) in [5.74, 6) is 0.925. The molecule has 0 spiro atoms.